The zero-order valence-electron chi connectivity index (χ0n) is 15.9. The first kappa shape index (κ1) is 18.3. The van der Waals surface area contributed by atoms with Gasteiger partial charge in [-0.15, -0.1) is 10.2 Å². The minimum absolute atomic E-state index is 0.820. The number of ether oxygens (including phenoxy) is 1. The SMILES string of the molecule is COc1ccc(-c2nnc(SCc3cccc(C)c3)n2-c2ccccc2)cc1. The summed E-state index contributed by atoms with van der Waals surface area (Å²) in [6, 6.07) is 26.7. The molecule has 0 N–H and O–H groups in total. The van der Waals surface area contributed by atoms with Gasteiger partial charge in [0, 0.05) is 17.0 Å². The van der Waals surface area contributed by atoms with E-state index in [0.717, 1.165) is 33.7 Å². The van der Waals surface area contributed by atoms with Crippen molar-refractivity contribution in [2.75, 3.05) is 7.11 Å². The van der Waals surface area contributed by atoms with Gasteiger partial charge in [0.05, 0.1) is 7.11 Å². The number of aromatic nitrogens is 3. The summed E-state index contributed by atoms with van der Waals surface area (Å²) in [6.45, 7) is 2.11. The van der Waals surface area contributed by atoms with E-state index in [2.05, 4.69) is 58.1 Å². The van der Waals surface area contributed by atoms with Crippen molar-refractivity contribution < 1.29 is 4.74 Å². The van der Waals surface area contributed by atoms with Crippen molar-refractivity contribution in [1.82, 2.24) is 14.8 Å². The van der Waals surface area contributed by atoms with E-state index < -0.39 is 0 Å². The fourth-order valence-electron chi connectivity index (χ4n) is 3.05. The lowest BCUT2D eigenvalue weighted by molar-refractivity contribution is 0.415. The Balaban J connectivity index is 1.71. The molecular weight excluding hydrogens is 366 g/mol. The fraction of sp³-hybridized carbons (Fsp3) is 0.130. The lowest BCUT2D eigenvalue weighted by Crippen LogP contribution is -1.99. The Morgan fingerprint density at radius 1 is 0.893 bits per heavy atom. The number of nitrogens with zero attached hydrogens (tertiary/aromatic N) is 3. The quantitative estimate of drug-likeness (QED) is 0.407. The predicted octanol–water partition coefficient (Wildman–Crippen LogP) is 5.54. The standard InChI is InChI=1S/C23H21N3OS/c1-17-7-6-8-18(15-17)16-28-23-25-24-22(19-11-13-21(27-2)14-12-19)26(23)20-9-4-3-5-10-20/h3-15H,16H2,1-2H3. The van der Waals surface area contributed by atoms with E-state index in [-0.39, 0.29) is 0 Å². The van der Waals surface area contributed by atoms with E-state index in [9.17, 15) is 0 Å². The van der Waals surface area contributed by atoms with Gasteiger partial charge in [-0.25, -0.2) is 0 Å². The monoisotopic (exact) mass is 387 g/mol. The minimum Gasteiger partial charge on any atom is -0.497 e. The van der Waals surface area contributed by atoms with Gasteiger partial charge in [-0.3, -0.25) is 4.57 Å². The van der Waals surface area contributed by atoms with Crippen LogP contribution >= 0.6 is 11.8 Å². The van der Waals surface area contributed by atoms with Crippen molar-refractivity contribution in [3.05, 3.63) is 90.0 Å². The number of aryl methyl sites for hydroxylation is 1. The van der Waals surface area contributed by atoms with Crippen LogP contribution in [0.1, 0.15) is 11.1 Å². The summed E-state index contributed by atoms with van der Waals surface area (Å²) < 4.78 is 7.39. The van der Waals surface area contributed by atoms with Crippen LogP contribution in [0.25, 0.3) is 17.1 Å². The van der Waals surface area contributed by atoms with Gasteiger partial charge in [0.25, 0.3) is 0 Å². The molecule has 0 bridgehead atoms. The van der Waals surface area contributed by atoms with Crippen molar-refractivity contribution >= 4 is 11.8 Å². The number of rotatable bonds is 6. The molecule has 0 unspecified atom stereocenters. The van der Waals surface area contributed by atoms with Crippen molar-refractivity contribution in [2.24, 2.45) is 0 Å². The summed E-state index contributed by atoms with van der Waals surface area (Å²) in [4.78, 5) is 0. The Morgan fingerprint density at radius 2 is 1.68 bits per heavy atom. The minimum atomic E-state index is 0.820. The molecule has 0 spiro atoms. The number of para-hydroxylation sites is 1. The zero-order valence-corrected chi connectivity index (χ0v) is 16.7. The first-order valence-electron chi connectivity index (χ1n) is 9.08. The van der Waals surface area contributed by atoms with E-state index in [1.807, 2.05) is 42.5 Å². The van der Waals surface area contributed by atoms with Crippen molar-refractivity contribution in [2.45, 2.75) is 17.8 Å². The highest BCUT2D eigenvalue weighted by atomic mass is 32.2. The number of thioether (sulfide) groups is 1. The van der Waals surface area contributed by atoms with Crippen LogP contribution in [0, 0.1) is 6.92 Å². The number of methoxy groups -OCH3 is 1. The molecule has 0 atom stereocenters. The van der Waals surface area contributed by atoms with E-state index in [1.165, 1.54) is 11.1 Å². The van der Waals surface area contributed by atoms with Gasteiger partial charge in [0.1, 0.15) is 5.75 Å². The second-order valence-electron chi connectivity index (χ2n) is 6.48. The van der Waals surface area contributed by atoms with E-state index >= 15 is 0 Å². The Kier molecular flexibility index (Phi) is 5.44. The molecule has 140 valence electrons. The van der Waals surface area contributed by atoms with Crippen LogP contribution in [-0.4, -0.2) is 21.9 Å². The topological polar surface area (TPSA) is 39.9 Å². The first-order chi connectivity index (χ1) is 13.7. The van der Waals surface area contributed by atoms with Gasteiger partial charge in [-0.1, -0.05) is 59.8 Å². The van der Waals surface area contributed by atoms with Crippen LogP contribution in [0.15, 0.2) is 84.0 Å². The molecule has 0 amide bonds. The van der Waals surface area contributed by atoms with Gasteiger partial charge in [0.2, 0.25) is 0 Å². The fourth-order valence-corrected chi connectivity index (χ4v) is 3.94. The second kappa shape index (κ2) is 8.31. The molecule has 0 saturated heterocycles. The smallest absolute Gasteiger partial charge is 0.196 e. The average Bonchev–Trinajstić information content (AvgIpc) is 3.17. The van der Waals surface area contributed by atoms with Gasteiger partial charge in [0.15, 0.2) is 11.0 Å². The molecule has 0 saturated carbocycles. The molecule has 4 nitrogen and oxygen atoms in total. The number of hydrogen-bond donors (Lipinski definition) is 0. The molecule has 4 rings (SSSR count). The molecular formula is C23H21N3OS. The maximum Gasteiger partial charge on any atom is 0.196 e. The van der Waals surface area contributed by atoms with Crippen LogP contribution in [0.4, 0.5) is 0 Å². The summed E-state index contributed by atoms with van der Waals surface area (Å²) in [5.74, 6) is 2.49. The van der Waals surface area contributed by atoms with Crippen LogP contribution in [0.5, 0.6) is 5.75 Å². The Morgan fingerprint density at radius 3 is 2.39 bits per heavy atom. The van der Waals surface area contributed by atoms with Gasteiger partial charge in [-0.2, -0.15) is 0 Å². The molecule has 1 aromatic heterocycles. The molecule has 0 aliphatic heterocycles. The van der Waals surface area contributed by atoms with Gasteiger partial charge >= 0.3 is 0 Å². The Hall–Kier alpha value is -3.05. The normalized spacial score (nSPS) is 10.8. The van der Waals surface area contributed by atoms with Crippen LogP contribution in [0.2, 0.25) is 0 Å². The van der Waals surface area contributed by atoms with Crippen LogP contribution in [0.3, 0.4) is 0 Å². The van der Waals surface area contributed by atoms with Crippen LogP contribution in [-0.2, 0) is 5.75 Å². The van der Waals surface area contributed by atoms with Crippen molar-refractivity contribution in [1.29, 1.82) is 0 Å². The predicted molar refractivity (Wildman–Crippen MR) is 114 cm³/mol. The maximum atomic E-state index is 5.28. The lowest BCUT2D eigenvalue weighted by Gasteiger charge is -2.11. The van der Waals surface area contributed by atoms with E-state index in [4.69, 9.17) is 4.74 Å². The molecule has 28 heavy (non-hydrogen) atoms. The highest BCUT2D eigenvalue weighted by molar-refractivity contribution is 7.98. The molecule has 1 heterocycles. The molecule has 0 radical (unpaired) electrons. The zero-order chi connectivity index (χ0) is 19.3. The van der Waals surface area contributed by atoms with Gasteiger partial charge in [-0.05, 0) is 48.9 Å². The van der Waals surface area contributed by atoms with Gasteiger partial charge < -0.3 is 4.74 Å². The Labute approximate surface area is 169 Å². The Bertz CT molecular complexity index is 1060. The largest absolute Gasteiger partial charge is 0.497 e. The summed E-state index contributed by atoms with van der Waals surface area (Å²) >= 11 is 1.69. The number of benzene rings is 3. The summed E-state index contributed by atoms with van der Waals surface area (Å²) in [5, 5.41) is 9.87. The van der Waals surface area contributed by atoms with E-state index in [1.54, 1.807) is 18.9 Å². The van der Waals surface area contributed by atoms with E-state index in [0.29, 0.717) is 0 Å². The molecule has 4 aromatic rings. The molecule has 5 heteroatoms. The molecule has 0 aliphatic carbocycles. The van der Waals surface area contributed by atoms with Crippen molar-refractivity contribution in [3.8, 4) is 22.8 Å². The average molecular weight is 388 g/mol. The summed E-state index contributed by atoms with van der Waals surface area (Å²) in [7, 11) is 1.67. The third kappa shape index (κ3) is 3.94. The molecule has 0 aliphatic rings. The molecule has 0 fully saturated rings. The summed E-state index contributed by atoms with van der Waals surface area (Å²) in [5.41, 5.74) is 4.59. The third-order valence-electron chi connectivity index (χ3n) is 4.45. The highest BCUT2D eigenvalue weighted by Crippen LogP contribution is 2.30. The summed E-state index contributed by atoms with van der Waals surface area (Å²) in [6.07, 6.45) is 0. The maximum absolute atomic E-state index is 5.28. The molecule has 3 aromatic carbocycles. The highest BCUT2D eigenvalue weighted by Gasteiger charge is 2.16. The third-order valence-corrected chi connectivity index (χ3v) is 5.45. The second-order valence-corrected chi connectivity index (χ2v) is 7.43. The van der Waals surface area contributed by atoms with Crippen LogP contribution < -0.4 is 4.74 Å². The first-order valence-corrected chi connectivity index (χ1v) is 10.1. The van der Waals surface area contributed by atoms with Crippen molar-refractivity contribution in [3.63, 3.8) is 0 Å². The number of hydrogen-bond acceptors (Lipinski definition) is 4. The lowest BCUT2D eigenvalue weighted by atomic mass is 10.2.